The van der Waals surface area contributed by atoms with Crippen molar-refractivity contribution >= 4 is 11.3 Å². The van der Waals surface area contributed by atoms with Gasteiger partial charge in [0.2, 0.25) is 0 Å². The fourth-order valence-corrected chi connectivity index (χ4v) is 4.31. The monoisotopic (exact) mass is 302 g/mol. The minimum atomic E-state index is 0.559. The van der Waals surface area contributed by atoms with Gasteiger partial charge < -0.3 is 9.88 Å². The third-order valence-electron chi connectivity index (χ3n) is 4.42. The van der Waals surface area contributed by atoms with E-state index in [-0.39, 0.29) is 0 Å². The fraction of sp³-hybridized carbons (Fsp3) is 0.556. The predicted octanol–water partition coefficient (Wildman–Crippen LogP) is 4.54. The molecule has 0 radical (unpaired) electrons. The molecule has 21 heavy (non-hydrogen) atoms. The normalized spacial score (nSPS) is 18.5. The van der Waals surface area contributed by atoms with Gasteiger partial charge in [0.25, 0.3) is 0 Å². The first-order valence-corrected chi connectivity index (χ1v) is 9.11. The molecule has 1 aliphatic carbocycles. The molecule has 0 spiro atoms. The number of nitrogens with zero attached hydrogens (tertiary/aromatic N) is 1. The van der Waals surface area contributed by atoms with Crippen molar-refractivity contribution in [2.45, 2.75) is 58.5 Å². The van der Waals surface area contributed by atoms with E-state index >= 15 is 0 Å². The third-order valence-corrected chi connectivity index (χ3v) is 5.63. The molecule has 0 fully saturated rings. The molecule has 0 bridgehead atoms. The summed E-state index contributed by atoms with van der Waals surface area (Å²) in [6.07, 6.45) is 11.1. The summed E-state index contributed by atoms with van der Waals surface area (Å²) >= 11 is 1.95. The molecule has 114 valence electrons. The number of nitrogens with one attached hydrogen (secondary N) is 1. The first kappa shape index (κ1) is 14.9. The molecule has 2 aromatic rings. The van der Waals surface area contributed by atoms with Gasteiger partial charge in [-0.05, 0) is 55.5 Å². The molecule has 2 nitrogen and oxygen atoms in total. The molecular weight excluding hydrogens is 276 g/mol. The van der Waals surface area contributed by atoms with Crippen LogP contribution in [0.5, 0.6) is 0 Å². The number of aromatic nitrogens is 1. The van der Waals surface area contributed by atoms with Gasteiger partial charge in [0.05, 0.1) is 6.54 Å². The molecule has 3 rings (SSSR count). The molecule has 1 unspecified atom stereocenters. The van der Waals surface area contributed by atoms with Crippen molar-refractivity contribution in [1.82, 2.24) is 9.88 Å². The molecule has 2 heterocycles. The summed E-state index contributed by atoms with van der Waals surface area (Å²) in [5.41, 5.74) is 3.10. The van der Waals surface area contributed by atoms with E-state index in [2.05, 4.69) is 48.3 Å². The van der Waals surface area contributed by atoms with Crippen LogP contribution in [0, 0.1) is 0 Å². The topological polar surface area (TPSA) is 17.0 Å². The highest BCUT2D eigenvalue weighted by Gasteiger charge is 2.19. The minimum Gasteiger partial charge on any atom is -0.348 e. The number of thiophene rings is 1. The van der Waals surface area contributed by atoms with E-state index in [0.717, 1.165) is 19.5 Å². The second-order valence-electron chi connectivity index (χ2n) is 5.99. The van der Waals surface area contributed by atoms with Crippen LogP contribution in [0.15, 0.2) is 24.5 Å². The maximum Gasteiger partial charge on any atom is 0.0563 e. The summed E-state index contributed by atoms with van der Waals surface area (Å²) in [7, 11) is 0. The number of hydrogen-bond acceptors (Lipinski definition) is 2. The lowest BCUT2D eigenvalue weighted by Gasteiger charge is -2.15. The van der Waals surface area contributed by atoms with E-state index in [0.29, 0.717) is 6.04 Å². The Balaban J connectivity index is 1.80. The van der Waals surface area contributed by atoms with Crippen LogP contribution in [-0.4, -0.2) is 11.1 Å². The lowest BCUT2D eigenvalue weighted by atomic mass is 10.0. The predicted molar refractivity (Wildman–Crippen MR) is 91.2 cm³/mol. The van der Waals surface area contributed by atoms with Crippen molar-refractivity contribution in [2.75, 3.05) is 6.54 Å². The van der Waals surface area contributed by atoms with Gasteiger partial charge in [0.15, 0.2) is 0 Å². The van der Waals surface area contributed by atoms with Gasteiger partial charge in [-0.15, -0.1) is 11.3 Å². The maximum absolute atomic E-state index is 3.66. The van der Waals surface area contributed by atoms with Crippen molar-refractivity contribution < 1.29 is 0 Å². The Labute approximate surface area is 132 Å². The van der Waals surface area contributed by atoms with E-state index < -0.39 is 0 Å². The SMILES string of the molecule is CCNC1CCCCc2cn(Cc3ccc(CC)s3)cc21. The Kier molecular flexibility index (Phi) is 4.81. The zero-order chi connectivity index (χ0) is 14.7. The highest BCUT2D eigenvalue weighted by molar-refractivity contribution is 7.11. The first-order chi connectivity index (χ1) is 10.3. The summed E-state index contributed by atoms with van der Waals surface area (Å²) in [6, 6.07) is 5.12. The van der Waals surface area contributed by atoms with Crippen LogP contribution in [0.25, 0.3) is 0 Å². The Morgan fingerprint density at radius 2 is 2.05 bits per heavy atom. The summed E-state index contributed by atoms with van der Waals surface area (Å²) in [5.74, 6) is 0. The summed E-state index contributed by atoms with van der Waals surface area (Å²) < 4.78 is 2.39. The van der Waals surface area contributed by atoms with E-state index in [4.69, 9.17) is 0 Å². The van der Waals surface area contributed by atoms with Crippen LogP contribution in [0.3, 0.4) is 0 Å². The van der Waals surface area contributed by atoms with Crippen molar-refractivity contribution in [3.05, 3.63) is 45.4 Å². The standard InChI is InChI=1S/C18H26N2S/c1-3-15-9-10-16(21-15)12-20-11-14-7-5-6-8-18(19-4-2)17(14)13-20/h9-11,13,18-19H,3-8,12H2,1-2H3. The quantitative estimate of drug-likeness (QED) is 0.803. The lowest BCUT2D eigenvalue weighted by Crippen LogP contribution is -2.20. The average Bonchev–Trinajstić information content (AvgIpc) is 3.05. The second kappa shape index (κ2) is 6.80. The largest absolute Gasteiger partial charge is 0.348 e. The van der Waals surface area contributed by atoms with Crippen LogP contribution < -0.4 is 5.32 Å². The van der Waals surface area contributed by atoms with Gasteiger partial charge in [-0.25, -0.2) is 0 Å². The van der Waals surface area contributed by atoms with Crippen LogP contribution in [-0.2, 0) is 19.4 Å². The molecule has 1 aliphatic rings. The van der Waals surface area contributed by atoms with Crippen LogP contribution >= 0.6 is 11.3 Å². The summed E-state index contributed by atoms with van der Waals surface area (Å²) in [5, 5.41) is 3.66. The molecule has 0 aromatic carbocycles. The van der Waals surface area contributed by atoms with E-state index in [9.17, 15) is 0 Å². The Morgan fingerprint density at radius 1 is 1.19 bits per heavy atom. The molecular formula is C18H26N2S. The van der Waals surface area contributed by atoms with Crippen LogP contribution in [0.4, 0.5) is 0 Å². The van der Waals surface area contributed by atoms with Crippen LogP contribution in [0.1, 0.15) is 60.0 Å². The Bertz CT molecular complexity index is 582. The van der Waals surface area contributed by atoms with Gasteiger partial charge in [-0.3, -0.25) is 0 Å². The molecule has 2 aromatic heterocycles. The molecule has 0 amide bonds. The van der Waals surface area contributed by atoms with E-state index in [1.165, 1.54) is 35.4 Å². The highest BCUT2D eigenvalue weighted by atomic mass is 32.1. The average molecular weight is 302 g/mol. The molecule has 0 aliphatic heterocycles. The van der Waals surface area contributed by atoms with Crippen LogP contribution in [0.2, 0.25) is 0 Å². The summed E-state index contributed by atoms with van der Waals surface area (Å²) in [6.45, 7) is 6.52. The molecule has 3 heteroatoms. The number of hydrogen-bond donors (Lipinski definition) is 1. The third kappa shape index (κ3) is 3.41. The second-order valence-corrected chi connectivity index (χ2v) is 7.24. The van der Waals surface area contributed by atoms with E-state index in [1.807, 2.05) is 11.3 Å². The number of fused-ring (bicyclic) bond motifs is 1. The Hall–Kier alpha value is -1.06. The molecule has 0 saturated carbocycles. The van der Waals surface area contributed by atoms with Gasteiger partial charge in [0, 0.05) is 28.2 Å². The first-order valence-electron chi connectivity index (χ1n) is 8.29. The van der Waals surface area contributed by atoms with Crippen molar-refractivity contribution in [3.8, 4) is 0 Å². The fourth-order valence-electron chi connectivity index (χ4n) is 3.34. The summed E-state index contributed by atoms with van der Waals surface area (Å²) in [4.78, 5) is 2.96. The number of aryl methyl sites for hydroxylation is 2. The maximum atomic E-state index is 3.66. The van der Waals surface area contributed by atoms with Crippen molar-refractivity contribution in [1.29, 1.82) is 0 Å². The van der Waals surface area contributed by atoms with Gasteiger partial charge in [-0.1, -0.05) is 20.3 Å². The van der Waals surface area contributed by atoms with Gasteiger partial charge in [-0.2, -0.15) is 0 Å². The van der Waals surface area contributed by atoms with Crippen molar-refractivity contribution in [2.24, 2.45) is 0 Å². The molecule has 0 saturated heterocycles. The highest BCUT2D eigenvalue weighted by Crippen LogP contribution is 2.30. The lowest BCUT2D eigenvalue weighted by molar-refractivity contribution is 0.502. The zero-order valence-corrected chi connectivity index (χ0v) is 14.0. The molecule has 1 atom stereocenters. The Morgan fingerprint density at radius 3 is 2.81 bits per heavy atom. The van der Waals surface area contributed by atoms with Gasteiger partial charge >= 0.3 is 0 Å². The zero-order valence-electron chi connectivity index (χ0n) is 13.2. The number of rotatable bonds is 5. The minimum absolute atomic E-state index is 0.559. The smallest absolute Gasteiger partial charge is 0.0563 e. The van der Waals surface area contributed by atoms with Crippen molar-refractivity contribution in [3.63, 3.8) is 0 Å². The molecule has 1 N–H and O–H groups in total. The van der Waals surface area contributed by atoms with E-state index in [1.54, 1.807) is 11.1 Å². The van der Waals surface area contributed by atoms with Gasteiger partial charge in [0.1, 0.15) is 0 Å².